The van der Waals surface area contributed by atoms with Crippen LogP contribution in [0.15, 0.2) is 36.2 Å². The van der Waals surface area contributed by atoms with E-state index in [4.69, 9.17) is 9.47 Å². The molecule has 1 saturated heterocycles. The van der Waals surface area contributed by atoms with Crippen LogP contribution in [0, 0.1) is 0 Å². The standard InChI is InChI=1S/C26H27N5O6/c1-27-26(25(35)29-15-32,14-30-12-16-5-6-18(36-2)10-20(16)24(30)34)21-11-19-17(13-37-21)7-8-28-23(19)31-9-3-4-22(31)33/h5-8,10-11,15,27H,3-4,9,12-14H2,1-2H3,(H,29,32,35)/t26-/m0/s1. The second kappa shape index (κ2) is 9.66. The first-order valence-electron chi connectivity index (χ1n) is 11.9. The van der Waals surface area contributed by atoms with Crippen LogP contribution in [-0.2, 0) is 32.3 Å². The average molecular weight is 506 g/mol. The zero-order valence-corrected chi connectivity index (χ0v) is 20.6. The van der Waals surface area contributed by atoms with Crippen LogP contribution < -0.4 is 20.3 Å². The number of pyridine rings is 1. The van der Waals surface area contributed by atoms with Gasteiger partial charge in [-0.25, -0.2) is 4.98 Å². The van der Waals surface area contributed by atoms with Crippen LogP contribution in [0.1, 0.15) is 39.9 Å². The summed E-state index contributed by atoms with van der Waals surface area (Å²) >= 11 is 0. The number of methoxy groups -OCH3 is 1. The van der Waals surface area contributed by atoms with Crippen LogP contribution in [0.25, 0.3) is 6.08 Å². The first kappa shape index (κ1) is 24.4. The molecule has 1 aromatic carbocycles. The van der Waals surface area contributed by atoms with Gasteiger partial charge < -0.3 is 14.4 Å². The van der Waals surface area contributed by atoms with Crippen molar-refractivity contribution in [3.8, 4) is 5.75 Å². The van der Waals surface area contributed by atoms with E-state index in [0.29, 0.717) is 42.1 Å². The number of carbonyl (C=O) groups is 4. The minimum absolute atomic E-state index is 0.0169. The summed E-state index contributed by atoms with van der Waals surface area (Å²) in [5.41, 5.74) is 1.17. The molecular formula is C26H27N5O6. The maximum absolute atomic E-state index is 13.4. The maximum Gasteiger partial charge on any atom is 0.256 e. The predicted molar refractivity (Wildman–Crippen MR) is 132 cm³/mol. The minimum Gasteiger partial charge on any atom is -0.497 e. The van der Waals surface area contributed by atoms with E-state index in [2.05, 4.69) is 15.6 Å². The van der Waals surface area contributed by atoms with E-state index in [9.17, 15) is 19.2 Å². The third kappa shape index (κ3) is 4.10. The lowest BCUT2D eigenvalue weighted by atomic mass is 9.91. The van der Waals surface area contributed by atoms with Crippen LogP contribution in [-0.4, -0.2) is 66.8 Å². The van der Waals surface area contributed by atoms with Crippen LogP contribution in [0.3, 0.4) is 0 Å². The molecule has 2 aromatic rings. The Balaban J connectivity index is 1.55. The number of aromatic nitrogens is 1. The van der Waals surface area contributed by atoms with Crippen molar-refractivity contribution in [1.82, 2.24) is 20.5 Å². The van der Waals surface area contributed by atoms with Gasteiger partial charge >= 0.3 is 0 Å². The molecule has 192 valence electrons. The third-order valence-corrected chi connectivity index (χ3v) is 7.10. The number of nitrogens with zero attached hydrogens (tertiary/aromatic N) is 3. The number of amides is 4. The summed E-state index contributed by atoms with van der Waals surface area (Å²) in [6.45, 7) is 0.842. The summed E-state index contributed by atoms with van der Waals surface area (Å²) in [7, 11) is 3.09. The molecule has 0 radical (unpaired) electrons. The molecule has 4 heterocycles. The molecule has 0 spiro atoms. The zero-order valence-electron chi connectivity index (χ0n) is 20.6. The molecule has 0 aliphatic carbocycles. The number of benzene rings is 1. The van der Waals surface area contributed by atoms with Crippen molar-refractivity contribution in [2.75, 3.05) is 32.1 Å². The molecule has 11 heteroatoms. The van der Waals surface area contributed by atoms with Crippen molar-refractivity contribution in [2.24, 2.45) is 0 Å². The van der Waals surface area contributed by atoms with E-state index in [0.717, 1.165) is 17.5 Å². The lowest BCUT2D eigenvalue weighted by molar-refractivity contribution is -0.131. The fraction of sp³-hybridized carbons (Fsp3) is 0.346. The van der Waals surface area contributed by atoms with E-state index < -0.39 is 11.4 Å². The monoisotopic (exact) mass is 505 g/mol. The minimum atomic E-state index is -1.59. The van der Waals surface area contributed by atoms with Gasteiger partial charge in [0.1, 0.15) is 23.9 Å². The number of fused-ring (bicyclic) bond motifs is 2. The highest BCUT2D eigenvalue weighted by Crippen LogP contribution is 2.36. The van der Waals surface area contributed by atoms with Crippen molar-refractivity contribution in [3.05, 3.63) is 58.5 Å². The van der Waals surface area contributed by atoms with Gasteiger partial charge in [-0.1, -0.05) is 6.07 Å². The highest BCUT2D eigenvalue weighted by molar-refractivity contribution is 6.02. The van der Waals surface area contributed by atoms with E-state index in [1.54, 1.807) is 42.4 Å². The van der Waals surface area contributed by atoms with Gasteiger partial charge in [-0.15, -0.1) is 0 Å². The number of imide groups is 1. The molecule has 3 aliphatic heterocycles. The first-order valence-corrected chi connectivity index (χ1v) is 11.9. The van der Waals surface area contributed by atoms with Gasteiger partial charge in [0.2, 0.25) is 12.3 Å². The molecule has 5 rings (SSSR count). The van der Waals surface area contributed by atoms with Gasteiger partial charge in [0.15, 0.2) is 5.54 Å². The van der Waals surface area contributed by atoms with Crippen molar-refractivity contribution in [3.63, 3.8) is 0 Å². The summed E-state index contributed by atoms with van der Waals surface area (Å²) in [6, 6.07) is 7.06. The lowest BCUT2D eigenvalue weighted by Gasteiger charge is -2.38. The molecular weight excluding hydrogens is 478 g/mol. The van der Waals surface area contributed by atoms with Crippen LogP contribution in [0.5, 0.6) is 5.75 Å². The Morgan fingerprint density at radius 2 is 2.11 bits per heavy atom. The van der Waals surface area contributed by atoms with Crippen molar-refractivity contribution in [2.45, 2.75) is 31.5 Å². The Kier molecular flexibility index (Phi) is 6.38. The number of carbonyl (C=O) groups excluding carboxylic acids is 4. The van der Waals surface area contributed by atoms with E-state index >= 15 is 0 Å². The van der Waals surface area contributed by atoms with Gasteiger partial charge in [0.05, 0.1) is 13.7 Å². The fourth-order valence-corrected chi connectivity index (χ4v) is 5.08. The highest BCUT2D eigenvalue weighted by atomic mass is 16.5. The summed E-state index contributed by atoms with van der Waals surface area (Å²) < 4.78 is 11.3. The van der Waals surface area contributed by atoms with Gasteiger partial charge in [-0.2, -0.15) is 0 Å². The Morgan fingerprint density at radius 3 is 2.81 bits per heavy atom. The number of anilines is 1. The third-order valence-electron chi connectivity index (χ3n) is 7.10. The Morgan fingerprint density at radius 1 is 1.27 bits per heavy atom. The molecule has 0 bridgehead atoms. The number of rotatable bonds is 8. The van der Waals surface area contributed by atoms with Gasteiger partial charge in [-0.3, -0.25) is 34.7 Å². The molecule has 4 amide bonds. The number of hydrogen-bond acceptors (Lipinski definition) is 8. The molecule has 2 N–H and O–H groups in total. The lowest BCUT2D eigenvalue weighted by Crippen LogP contribution is -2.63. The molecule has 3 aliphatic rings. The van der Waals surface area contributed by atoms with Crippen molar-refractivity contribution < 1.29 is 28.7 Å². The average Bonchev–Trinajstić information content (AvgIpc) is 3.48. The topological polar surface area (TPSA) is 130 Å². The number of likely N-dealkylation sites (N-methyl/N-ethyl adjacent to an activating group) is 1. The molecule has 11 nitrogen and oxygen atoms in total. The number of nitrogens with one attached hydrogen (secondary N) is 2. The van der Waals surface area contributed by atoms with Crippen molar-refractivity contribution >= 4 is 36.0 Å². The second-order valence-corrected chi connectivity index (χ2v) is 9.08. The number of ether oxygens (including phenoxy) is 2. The summed E-state index contributed by atoms with van der Waals surface area (Å²) in [6.07, 6.45) is 4.78. The summed E-state index contributed by atoms with van der Waals surface area (Å²) in [5, 5.41) is 5.23. The molecule has 1 atom stereocenters. The molecule has 1 aromatic heterocycles. The molecule has 1 fully saturated rings. The normalized spacial score (nSPS) is 17.9. The molecule has 0 saturated carbocycles. The van der Waals surface area contributed by atoms with E-state index in [-0.39, 0.29) is 37.3 Å². The first-order chi connectivity index (χ1) is 17.9. The highest BCUT2D eigenvalue weighted by Gasteiger charge is 2.47. The number of hydrogen-bond donors (Lipinski definition) is 2. The SMILES string of the molecule is CN[C@](CN1Cc2ccc(OC)cc2C1=O)(C(=O)NC=O)C1=Cc2c(ccnc2N2CCCC2=O)CO1. The smallest absolute Gasteiger partial charge is 0.256 e. The quantitative estimate of drug-likeness (QED) is 0.508. The Hall–Kier alpha value is -4.25. The molecule has 37 heavy (non-hydrogen) atoms. The Labute approximate surface area is 213 Å². The Bertz CT molecular complexity index is 1320. The summed E-state index contributed by atoms with van der Waals surface area (Å²) in [5.74, 6) is 0.302. The molecule has 0 unspecified atom stereocenters. The zero-order chi connectivity index (χ0) is 26.2. The van der Waals surface area contributed by atoms with Crippen LogP contribution in [0.2, 0.25) is 0 Å². The predicted octanol–water partition coefficient (Wildman–Crippen LogP) is 0.975. The van der Waals surface area contributed by atoms with Crippen LogP contribution in [0.4, 0.5) is 5.82 Å². The van der Waals surface area contributed by atoms with Crippen molar-refractivity contribution in [1.29, 1.82) is 0 Å². The second-order valence-electron chi connectivity index (χ2n) is 9.08. The van der Waals surface area contributed by atoms with Crippen LogP contribution >= 0.6 is 0 Å². The summed E-state index contributed by atoms with van der Waals surface area (Å²) in [4.78, 5) is 58.1. The van der Waals surface area contributed by atoms with E-state index in [1.807, 2.05) is 6.07 Å². The largest absolute Gasteiger partial charge is 0.497 e. The van der Waals surface area contributed by atoms with Gasteiger partial charge in [0, 0.05) is 42.4 Å². The van der Waals surface area contributed by atoms with Gasteiger partial charge in [0.25, 0.3) is 11.8 Å². The van der Waals surface area contributed by atoms with Gasteiger partial charge in [-0.05, 0) is 43.3 Å². The fourth-order valence-electron chi connectivity index (χ4n) is 5.08. The van der Waals surface area contributed by atoms with E-state index in [1.165, 1.54) is 12.0 Å². The maximum atomic E-state index is 13.4.